The number of methoxy groups -OCH3 is 1. The first-order valence-electron chi connectivity index (χ1n) is 13.7. The number of likely N-dealkylation sites (N-methyl/N-ethyl adjacent to an activating group) is 1. The van der Waals surface area contributed by atoms with Crippen LogP contribution in [0.25, 0.3) is 11.3 Å². The van der Waals surface area contributed by atoms with E-state index in [4.69, 9.17) is 14.2 Å². The summed E-state index contributed by atoms with van der Waals surface area (Å²) >= 11 is 1.33. The maximum Gasteiger partial charge on any atom is 0.227 e. The smallest absolute Gasteiger partial charge is 0.227 e. The lowest BCUT2D eigenvalue weighted by atomic mass is 9.80. The van der Waals surface area contributed by atoms with Crippen molar-refractivity contribution in [1.82, 2.24) is 10.3 Å². The number of carbonyl (C=O) groups excluding carboxylic acids is 2. The Kier molecular flexibility index (Phi) is 8.76. The normalized spacial score (nSPS) is 17.0. The third-order valence-electron chi connectivity index (χ3n) is 8.12. The van der Waals surface area contributed by atoms with Gasteiger partial charge in [-0.3, -0.25) is 4.79 Å². The Bertz CT molecular complexity index is 1440. The molecule has 0 bridgehead atoms. The van der Waals surface area contributed by atoms with Crippen molar-refractivity contribution in [2.75, 3.05) is 53.6 Å². The number of halogens is 2. The summed E-state index contributed by atoms with van der Waals surface area (Å²) in [7, 11) is 3.78. The van der Waals surface area contributed by atoms with Gasteiger partial charge in [0.1, 0.15) is 42.7 Å². The van der Waals surface area contributed by atoms with Gasteiger partial charge in [-0.05, 0) is 48.2 Å². The number of aromatic nitrogens is 1. The van der Waals surface area contributed by atoms with Crippen molar-refractivity contribution < 1.29 is 42.2 Å². The lowest BCUT2D eigenvalue weighted by Gasteiger charge is -2.37. The Morgan fingerprint density at radius 2 is 1.83 bits per heavy atom. The summed E-state index contributed by atoms with van der Waals surface area (Å²) in [5, 5.41) is 16.8. The molecule has 3 aromatic rings. The van der Waals surface area contributed by atoms with Crippen LogP contribution in [0.1, 0.15) is 22.6 Å². The summed E-state index contributed by atoms with van der Waals surface area (Å²) in [4.78, 5) is 29.5. The Balaban J connectivity index is 1.22. The molecule has 0 saturated carbocycles. The molecule has 0 spiro atoms. The molecule has 0 unspecified atom stereocenters. The van der Waals surface area contributed by atoms with Crippen LogP contribution in [0.3, 0.4) is 0 Å². The fourth-order valence-corrected chi connectivity index (χ4v) is 6.35. The molecule has 2 aromatic carbocycles. The van der Waals surface area contributed by atoms with E-state index < -0.39 is 35.3 Å². The second-order valence-corrected chi connectivity index (χ2v) is 12.1. The highest BCUT2D eigenvalue weighted by Gasteiger charge is 2.44. The number of hydrogen-bond acceptors (Lipinski definition) is 8. The molecule has 2 aliphatic rings. The fraction of sp³-hybridized carbons (Fsp3) is 0.433. The zero-order valence-corrected chi connectivity index (χ0v) is 24.4. The molecule has 1 aliphatic carbocycles. The van der Waals surface area contributed by atoms with Gasteiger partial charge in [0.25, 0.3) is 0 Å². The number of hydrogen-bond donors (Lipinski definition) is 1. The number of quaternary nitrogens is 1. The number of carboxylic acids is 1. The maximum absolute atomic E-state index is 13.8. The van der Waals surface area contributed by atoms with Crippen molar-refractivity contribution in [3.63, 3.8) is 0 Å². The first kappa shape index (κ1) is 29.9. The molecule has 1 fully saturated rings. The van der Waals surface area contributed by atoms with Crippen LogP contribution in [0, 0.1) is 17.0 Å². The molecule has 0 radical (unpaired) electrons. The number of fused-ring (bicyclic) bond motifs is 1. The van der Waals surface area contributed by atoms with Gasteiger partial charge in [0.15, 0.2) is 11.6 Å². The minimum Gasteiger partial charge on any atom is -0.550 e. The molecule has 42 heavy (non-hydrogen) atoms. The van der Waals surface area contributed by atoms with E-state index in [-0.39, 0.29) is 19.4 Å². The molecule has 0 atom stereocenters. The second-order valence-electron chi connectivity index (χ2n) is 11.1. The van der Waals surface area contributed by atoms with Gasteiger partial charge in [-0.1, -0.05) is 0 Å². The number of carbonyl (C=O) groups is 2. The van der Waals surface area contributed by atoms with Crippen LogP contribution in [-0.4, -0.2) is 75.0 Å². The van der Waals surface area contributed by atoms with Gasteiger partial charge in [-0.15, -0.1) is 11.3 Å². The summed E-state index contributed by atoms with van der Waals surface area (Å²) in [5.74, 6) is -2.73. The number of nitrogens with zero attached hydrogens (tertiary/aromatic N) is 2. The predicted molar refractivity (Wildman–Crippen MR) is 149 cm³/mol. The number of thiazole rings is 1. The first-order valence-corrected chi connectivity index (χ1v) is 14.6. The number of rotatable bonds is 11. The molecule has 1 amide bonds. The Morgan fingerprint density at radius 3 is 2.48 bits per heavy atom. The van der Waals surface area contributed by atoms with Gasteiger partial charge in [0, 0.05) is 29.4 Å². The van der Waals surface area contributed by atoms with Crippen LogP contribution in [0.2, 0.25) is 0 Å². The monoisotopic (exact) mass is 601 g/mol. The zero-order chi connectivity index (χ0) is 29.9. The number of nitrogens with one attached hydrogen (secondary N) is 1. The second kappa shape index (κ2) is 12.3. The van der Waals surface area contributed by atoms with E-state index in [2.05, 4.69) is 17.3 Å². The lowest BCUT2D eigenvalue weighted by Crippen LogP contribution is -2.53. The molecule has 1 aromatic heterocycles. The largest absolute Gasteiger partial charge is 0.550 e. The Labute approximate surface area is 246 Å². The van der Waals surface area contributed by atoms with Crippen molar-refractivity contribution >= 4 is 23.2 Å². The SMILES string of the molecule is COc1cc(OCC[N+]2(C)CCOCC2)ccc1-c1csc(CNC(=O)C2(CC(=O)[O-])Cc3cc(F)c(F)cc3C2)n1. The quantitative estimate of drug-likeness (QED) is 0.337. The van der Waals surface area contributed by atoms with Crippen LogP contribution in [-0.2, 0) is 33.7 Å². The average molecular weight is 602 g/mol. The predicted octanol–water partition coefficient (Wildman–Crippen LogP) is 2.49. The minimum atomic E-state index is -1.41. The minimum absolute atomic E-state index is 0.0270. The van der Waals surface area contributed by atoms with Crippen molar-refractivity contribution in [2.45, 2.75) is 25.8 Å². The van der Waals surface area contributed by atoms with Gasteiger partial charge < -0.3 is 33.9 Å². The number of ether oxygens (including phenoxy) is 3. The topological polar surface area (TPSA) is 110 Å². The van der Waals surface area contributed by atoms with E-state index in [1.807, 2.05) is 23.6 Å². The van der Waals surface area contributed by atoms with E-state index in [0.29, 0.717) is 39.9 Å². The Morgan fingerprint density at radius 1 is 1.14 bits per heavy atom. The molecule has 2 heterocycles. The van der Waals surface area contributed by atoms with Crippen LogP contribution in [0.4, 0.5) is 8.78 Å². The van der Waals surface area contributed by atoms with Gasteiger partial charge in [0.05, 0.1) is 45.0 Å². The van der Waals surface area contributed by atoms with E-state index >= 15 is 0 Å². The standard InChI is InChI=1S/C30H33F2N3O6S/c1-35(5-8-40-9-6-35)7-10-41-21-3-4-22(26(13-21)39-2)25-18-42-27(34-25)17-33-29(38)30(16-28(36)37)14-19-11-23(31)24(32)12-20(19)15-30/h3-4,11-13,18H,5-10,14-17H2,1-2H3,(H-,33,36,37,38). The molecule has 9 nitrogen and oxygen atoms in total. The van der Waals surface area contributed by atoms with E-state index in [1.165, 1.54) is 11.3 Å². The molecular weight excluding hydrogens is 568 g/mol. The van der Waals surface area contributed by atoms with E-state index in [0.717, 1.165) is 55.0 Å². The van der Waals surface area contributed by atoms with Gasteiger partial charge in [0.2, 0.25) is 5.91 Å². The van der Waals surface area contributed by atoms with E-state index in [9.17, 15) is 23.5 Å². The van der Waals surface area contributed by atoms with Crippen LogP contribution in [0.5, 0.6) is 11.5 Å². The molecular formula is C30H33F2N3O6S. The fourth-order valence-electron chi connectivity index (χ4n) is 5.62. The highest BCUT2D eigenvalue weighted by molar-refractivity contribution is 7.09. The van der Waals surface area contributed by atoms with Crippen LogP contribution in [0.15, 0.2) is 35.7 Å². The Hall–Kier alpha value is -3.61. The molecule has 1 N–H and O–H groups in total. The third kappa shape index (κ3) is 6.55. The molecule has 1 aliphatic heterocycles. The highest BCUT2D eigenvalue weighted by Crippen LogP contribution is 2.41. The number of amides is 1. The molecule has 12 heteroatoms. The number of morpholine rings is 1. The van der Waals surface area contributed by atoms with Crippen LogP contribution < -0.4 is 19.9 Å². The number of aliphatic carboxylic acids is 1. The number of benzene rings is 2. The summed E-state index contributed by atoms with van der Waals surface area (Å²) in [6.45, 7) is 4.94. The van der Waals surface area contributed by atoms with Gasteiger partial charge in [-0.25, -0.2) is 13.8 Å². The third-order valence-corrected chi connectivity index (χ3v) is 8.97. The summed E-state index contributed by atoms with van der Waals surface area (Å²) in [6, 6.07) is 7.61. The summed E-state index contributed by atoms with van der Waals surface area (Å²) in [5.41, 5.74) is 0.843. The zero-order valence-electron chi connectivity index (χ0n) is 23.5. The van der Waals surface area contributed by atoms with E-state index in [1.54, 1.807) is 7.11 Å². The van der Waals surface area contributed by atoms with Crippen molar-refractivity contribution in [3.8, 4) is 22.8 Å². The van der Waals surface area contributed by atoms with Gasteiger partial charge >= 0.3 is 0 Å². The molecule has 1 saturated heterocycles. The van der Waals surface area contributed by atoms with Crippen molar-refractivity contribution in [2.24, 2.45) is 5.41 Å². The lowest BCUT2D eigenvalue weighted by molar-refractivity contribution is -0.916. The first-order chi connectivity index (χ1) is 20.1. The molecule has 5 rings (SSSR count). The summed E-state index contributed by atoms with van der Waals surface area (Å²) < 4.78 is 45.6. The van der Waals surface area contributed by atoms with Crippen molar-refractivity contribution in [3.05, 3.63) is 63.5 Å². The summed E-state index contributed by atoms with van der Waals surface area (Å²) in [6.07, 6.45) is -0.625. The highest BCUT2D eigenvalue weighted by atomic mass is 32.1. The van der Waals surface area contributed by atoms with Crippen molar-refractivity contribution in [1.29, 1.82) is 0 Å². The number of carboxylic acid groups (broad SMARTS) is 1. The van der Waals surface area contributed by atoms with Gasteiger partial charge in [-0.2, -0.15) is 0 Å². The maximum atomic E-state index is 13.8. The molecule has 224 valence electrons. The average Bonchev–Trinajstić information content (AvgIpc) is 3.56. The van der Waals surface area contributed by atoms with Crippen LogP contribution >= 0.6 is 11.3 Å².